The van der Waals surface area contributed by atoms with E-state index in [1.807, 2.05) is 0 Å². The van der Waals surface area contributed by atoms with Crippen LogP contribution in [-0.4, -0.2) is 35.5 Å². The Labute approximate surface area is 126 Å². The topological polar surface area (TPSA) is 21.7 Å². The van der Waals surface area contributed by atoms with Gasteiger partial charge in [0.1, 0.15) is 4.32 Å². The van der Waals surface area contributed by atoms with Crippen LogP contribution in [0.5, 0.6) is 0 Å². The zero-order chi connectivity index (χ0) is 14.0. The highest BCUT2D eigenvalue weighted by Gasteiger charge is 2.24. The quantitative estimate of drug-likeness (QED) is 0.458. The molecule has 0 aromatic rings. The van der Waals surface area contributed by atoms with Crippen molar-refractivity contribution in [3.8, 4) is 0 Å². The van der Waals surface area contributed by atoms with Gasteiger partial charge in [0.05, 0.1) is 13.2 Å². The second kappa shape index (κ2) is 10.6. The lowest BCUT2D eigenvalue weighted by atomic mass is 10.5. The molecule has 7 heteroatoms. The van der Waals surface area contributed by atoms with Crippen LogP contribution in [0.3, 0.4) is 0 Å². The normalized spacial score (nSPS) is 11.6. The first kappa shape index (κ1) is 18.8. The molecule has 18 heavy (non-hydrogen) atoms. The van der Waals surface area contributed by atoms with Gasteiger partial charge in [-0.25, -0.2) is 0 Å². The summed E-state index contributed by atoms with van der Waals surface area (Å²) in [7, 11) is 0. The molecule has 3 nitrogen and oxygen atoms in total. The Morgan fingerprint density at radius 1 is 1.06 bits per heavy atom. The third-order valence-corrected chi connectivity index (χ3v) is 7.76. The first-order chi connectivity index (χ1) is 8.52. The summed E-state index contributed by atoms with van der Waals surface area (Å²) in [6.45, 7) is 11.3. The van der Waals surface area contributed by atoms with E-state index >= 15 is 0 Å². The Hall–Kier alpha value is 0.810. The fourth-order valence-corrected chi connectivity index (χ4v) is 7.02. The highest BCUT2D eigenvalue weighted by Crippen LogP contribution is 2.61. The van der Waals surface area contributed by atoms with E-state index in [1.54, 1.807) is 0 Å². The highest BCUT2D eigenvalue weighted by atomic mass is 32.9. The molecule has 0 rings (SSSR count). The second-order valence-corrected chi connectivity index (χ2v) is 10.4. The highest BCUT2D eigenvalue weighted by molar-refractivity contribution is 8.75. The fraction of sp³-hybridized carbons (Fsp3) is 0.909. The van der Waals surface area contributed by atoms with E-state index in [1.165, 1.54) is 11.4 Å². The Kier molecular flexibility index (Phi) is 11.1. The monoisotopic (exact) mass is 329 g/mol. The van der Waals surface area contributed by atoms with Crippen LogP contribution in [0.15, 0.2) is 0 Å². The molecular formula is C11H24NO2PS3. The molecule has 108 valence electrons. The molecule has 0 aliphatic rings. The van der Waals surface area contributed by atoms with Crippen molar-refractivity contribution in [2.45, 2.75) is 40.5 Å². The van der Waals surface area contributed by atoms with Crippen molar-refractivity contribution in [3.63, 3.8) is 0 Å². The summed E-state index contributed by atoms with van der Waals surface area (Å²) >= 11 is 12.4. The minimum absolute atomic E-state index is 0.634. The Morgan fingerprint density at radius 3 is 1.83 bits per heavy atom. The fourth-order valence-electron chi connectivity index (χ4n) is 1.13. The molecule has 0 aliphatic heterocycles. The smallest absolute Gasteiger partial charge is 0.254 e. The molecule has 0 spiro atoms. The van der Waals surface area contributed by atoms with E-state index in [9.17, 15) is 0 Å². The maximum Gasteiger partial charge on any atom is 0.254 e. The lowest BCUT2D eigenvalue weighted by Crippen LogP contribution is -2.26. The molecule has 0 aromatic heterocycles. The molecule has 0 saturated heterocycles. The average Bonchev–Trinajstić information content (AvgIpc) is 2.35. The van der Waals surface area contributed by atoms with Gasteiger partial charge in [0.15, 0.2) is 0 Å². The Balaban J connectivity index is 4.56. The predicted octanol–water partition coefficient (Wildman–Crippen LogP) is 4.42. The molecule has 0 fully saturated rings. The molecule has 0 unspecified atom stereocenters. The van der Waals surface area contributed by atoms with Crippen molar-refractivity contribution in [3.05, 3.63) is 0 Å². The minimum Gasteiger partial charge on any atom is -0.358 e. The maximum atomic E-state index is 5.74. The van der Waals surface area contributed by atoms with Crippen molar-refractivity contribution in [2.24, 2.45) is 0 Å². The van der Waals surface area contributed by atoms with Gasteiger partial charge in [-0.3, -0.25) is 0 Å². The van der Waals surface area contributed by atoms with Gasteiger partial charge in [0.25, 0.3) is 5.69 Å². The summed E-state index contributed by atoms with van der Waals surface area (Å²) in [6.07, 6.45) is 1.87. The third-order valence-electron chi connectivity index (χ3n) is 2.12. The van der Waals surface area contributed by atoms with Gasteiger partial charge >= 0.3 is 0 Å². The van der Waals surface area contributed by atoms with Crippen LogP contribution in [0.1, 0.15) is 40.5 Å². The van der Waals surface area contributed by atoms with E-state index in [-0.39, 0.29) is 0 Å². The number of rotatable bonds is 9. The summed E-state index contributed by atoms with van der Waals surface area (Å²) in [6, 6.07) is 0. The number of thiocarbonyl (C=S) groups is 1. The van der Waals surface area contributed by atoms with Gasteiger partial charge in [-0.15, -0.1) is 0 Å². The van der Waals surface area contributed by atoms with Crippen molar-refractivity contribution in [1.29, 1.82) is 0 Å². The Bertz CT molecular complexity index is 273. The summed E-state index contributed by atoms with van der Waals surface area (Å²) in [5.74, 6) is 0. The number of hydrogen-bond acceptors (Lipinski definition) is 5. The summed E-state index contributed by atoms with van der Waals surface area (Å²) in [4.78, 5) is 2.10. The van der Waals surface area contributed by atoms with Crippen LogP contribution in [0, 0.1) is 0 Å². The van der Waals surface area contributed by atoms with Gasteiger partial charge in [0, 0.05) is 13.1 Å². The van der Waals surface area contributed by atoms with E-state index < -0.39 is 5.69 Å². The van der Waals surface area contributed by atoms with Crippen LogP contribution in [-0.2, 0) is 20.9 Å². The van der Waals surface area contributed by atoms with Crippen molar-refractivity contribution < 1.29 is 9.05 Å². The lowest BCUT2D eigenvalue weighted by molar-refractivity contribution is 0.260. The first-order valence-corrected chi connectivity index (χ1v) is 10.9. The molecule has 0 saturated carbocycles. The van der Waals surface area contributed by atoms with E-state index in [2.05, 4.69) is 32.6 Å². The van der Waals surface area contributed by atoms with Crippen LogP contribution < -0.4 is 0 Å². The maximum absolute atomic E-state index is 5.74. The standard InChI is InChI=1S/C11H24NO2PS3/c1-5-9-13-15(17,14-10-6-2)18-11(16)12(7-3)8-4/h5-10H2,1-4H3. The average molecular weight is 329 g/mol. The van der Waals surface area contributed by atoms with Gasteiger partial charge in [-0.2, -0.15) is 0 Å². The van der Waals surface area contributed by atoms with Crippen LogP contribution in [0.2, 0.25) is 0 Å². The summed E-state index contributed by atoms with van der Waals surface area (Å²) < 4.78 is 12.3. The largest absolute Gasteiger partial charge is 0.358 e. The van der Waals surface area contributed by atoms with Gasteiger partial charge in [0.2, 0.25) is 0 Å². The van der Waals surface area contributed by atoms with Gasteiger partial charge < -0.3 is 13.9 Å². The van der Waals surface area contributed by atoms with E-state index in [0.29, 0.717) is 13.2 Å². The van der Waals surface area contributed by atoms with E-state index in [0.717, 1.165) is 30.3 Å². The SMILES string of the molecule is CCCOP(=S)(OCCC)SC(=S)N(CC)CC. The van der Waals surface area contributed by atoms with Crippen molar-refractivity contribution in [2.75, 3.05) is 26.3 Å². The number of hydrogen-bond donors (Lipinski definition) is 0. The molecule has 0 heterocycles. The summed E-state index contributed by atoms with van der Waals surface area (Å²) in [5, 5.41) is 0. The first-order valence-electron chi connectivity index (χ1n) is 6.40. The Morgan fingerprint density at radius 2 is 1.50 bits per heavy atom. The van der Waals surface area contributed by atoms with Crippen molar-refractivity contribution >= 4 is 45.4 Å². The molecular weight excluding hydrogens is 305 g/mol. The van der Waals surface area contributed by atoms with Crippen LogP contribution in [0.25, 0.3) is 0 Å². The third kappa shape index (κ3) is 7.41. The molecule has 0 atom stereocenters. The molecule has 0 radical (unpaired) electrons. The van der Waals surface area contributed by atoms with Gasteiger partial charge in [-0.05, 0) is 49.9 Å². The predicted molar refractivity (Wildman–Crippen MR) is 89.9 cm³/mol. The second-order valence-electron chi connectivity index (χ2n) is 3.64. The zero-order valence-corrected chi connectivity index (χ0v) is 15.0. The molecule has 0 N–H and O–H groups in total. The number of nitrogens with zero attached hydrogens (tertiary/aromatic N) is 1. The zero-order valence-electron chi connectivity index (χ0n) is 11.7. The molecule has 0 bridgehead atoms. The summed E-state index contributed by atoms with van der Waals surface area (Å²) in [5.41, 5.74) is -2.32. The minimum atomic E-state index is -2.32. The van der Waals surface area contributed by atoms with Crippen LogP contribution >= 0.6 is 29.3 Å². The van der Waals surface area contributed by atoms with Crippen LogP contribution in [0.4, 0.5) is 0 Å². The molecule has 0 aromatic carbocycles. The molecule has 0 amide bonds. The van der Waals surface area contributed by atoms with Gasteiger partial charge in [-0.1, -0.05) is 26.1 Å². The molecule has 0 aliphatic carbocycles. The van der Waals surface area contributed by atoms with Crippen molar-refractivity contribution in [1.82, 2.24) is 4.90 Å². The van der Waals surface area contributed by atoms with E-state index in [4.69, 9.17) is 33.1 Å². The lowest BCUT2D eigenvalue weighted by Gasteiger charge is -2.26.